The number of oxazole rings is 1. The molecule has 3 aromatic carbocycles. The standard InChI is InChI=1S/C20H10BrCl2FN2O2/c21-10-1-5-15(22)14(7-10)19(27)25-12-3-6-18-17(9-12)26-20(28-18)13-4-2-11(24)8-16(13)23/h1-9H,(H,25,27). The molecule has 4 rings (SSSR count). The number of anilines is 1. The van der Waals surface area contributed by atoms with Gasteiger partial charge in [-0.1, -0.05) is 39.1 Å². The van der Waals surface area contributed by atoms with Crippen molar-refractivity contribution in [1.82, 2.24) is 4.98 Å². The van der Waals surface area contributed by atoms with Crippen LogP contribution >= 0.6 is 39.1 Å². The molecule has 4 aromatic rings. The quantitative estimate of drug-likeness (QED) is 0.345. The van der Waals surface area contributed by atoms with Gasteiger partial charge < -0.3 is 9.73 Å². The number of hydrogen-bond acceptors (Lipinski definition) is 3. The van der Waals surface area contributed by atoms with Gasteiger partial charge in [0.2, 0.25) is 5.89 Å². The van der Waals surface area contributed by atoms with E-state index in [2.05, 4.69) is 26.2 Å². The molecule has 0 radical (unpaired) electrons. The molecule has 1 N–H and O–H groups in total. The SMILES string of the molecule is O=C(Nc1ccc2oc(-c3ccc(F)cc3Cl)nc2c1)c1cc(Br)ccc1Cl. The van der Waals surface area contributed by atoms with Crippen LogP contribution in [0, 0.1) is 5.82 Å². The number of nitrogens with one attached hydrogen (secondary N) is 1. The molecule has 0 aliphatic heterocycles. The first-order chi connectivity index (χ1) is 13.4. The van der Waals surface area contributed by atoms with Crippen LogP contribution in [0.25, 0.3) is 22.6 Å². The minimum absolute atomic E-state index is 0.198. The zero-order chi connectivity index (χ0) is 19.8. The highest BCUT2D eigenvalue weighted by Gasteiger charge is 2.15. The predicted octanol–water partition coefficient (Wildman–Crippen LogP) is 6.96. The normalized spacial score (nSPS) is 11.0. The molecule has 0 spiro atoms. The largest absolute Gasteiger partial charge is 0.436 e. The third-order valence-corrected chi connectivity index (χ3v) is 5.12. The molecule has 28 heavy (non-hydrogen) atoms. The molecule has 0 fully saturated rings. The zero-order valence-electron chi connectivity index (χ0n) is 14.0. The van der Waals surface area contributed by atoms with E-state index < -0.39 is 5.82 Å². The average molecular weight is 480 g/mol. The Morgan fingerprint density at radius 1 is 1.04 bits per heavy atom. The summed E-state index contributed by atoms with van der Waals surface area (Å²) in [6.45, 7) is 0. The Bertz CT molecular complexity index is 1230. The number of halogens is 4. The molecule has 140 valence electrons. The fraction of sp³-hybridized carbons (Fsp3) is 0. The number of aromatic nitrogens is 1. The summed E-state index contributed by atoms with van der Waals surface area (Å²) in [7, 11) is 0. The van der Waals surface area contributed by atoms with Gasteiger partial charge in [-0.25, -0.2) is 9.37 Å². The van der Waals surface area contributed by atoms with E-state index in [1.807, 2.05) is 0 Å². The molecule has 0 unspecified atom stereocenters. The summed E-state index contributed by atoms with van der Waals surface area (Å²) in [6, 6.07) is 14.0. The summed E-state index contributed by atoms with van der Waals surface area (Å²) >= 11 is 15.5. The maximum Gasteiger partial charge on any atom is 0.257 e. The topological polar surface area (TPSA) is 55.1 Å². The van der Waals surface area contributed by atoms with Crippen molar-refractivity contribution < 1.29 is 13.6 Å². The summed E-state index contributed by atoms with van der Waals surface area (Å²) in [6.07, 6.45) is 0. The molecule has 0 aliphatic rings. The van der Waals surface area contributed by atoms with Gasteiger partial charge >= 0.3 is 0 Å². The Morgan fingerprint density at radius 2 is 1.86 bits per heavy atom. The second-order valence-electron chi connectivity index (χ2n) is 5.90. The molecule has 1 heterocycles. The number of rotatable bonds is 3. The number of carbonyl (C=O) groups excluding carboxylic acids is 1. The minimum atomic E-state index is -0.443. The van der Waals surface area contributed by atoms with E-state index >= 15 is 0 Å². The maximum atomic E-state index is 13.2. The van der Waals surface area contributed by atoms with Crippen LogP contribution in [-0.4, -0.2) is 10.9 Å². The lowest BCUT2D eigenvalue weighted by atomic mass is 10.2. The molecule has 4 nitrogen and oxygen atoms in total. The number of amides is 1. The van der Waals surface area contributed by atoms with Crippen molar-refractivity contribution in [2.75, 3.05) is 5.32 Å². The van der Waals surface area contributed by atoms with Gasteiger partial charge in [0.05, 0.1) is 21.2 Å². The van der Waals surface area contributed by atoms with E-state index in [1.54, 1.807) is 36.4 Å². The van der Waals surface area contributed by atoms with E-state index in [0.717, 1.165) is 4.47 Å². The number of carbonyl (C=O) groups is 1. The molecule has 1 aromatic heterocycles. The van der Waals surface area contributed by atoms with Crippen molar-refractivity contribution in [3.8, 4) is 11.5 Å². The lowest BCUT2D eigenvalue weighted by Crippen LogP contribution is -2.12. The van der Waals surface area contributed by atoms with Crippen molar-refractivity contribution in [2.24, 2.45) is 0 Å². The zero-order valence-corrected chi connectivity index (χ0v) is 17.1. The lowest BCUT2D eigenvalue weighted by Gasteiger charge is -2.07. The van der Waals surface area contributed by atoms with E-state index in [4.69, 9.17) is 27.6 Å². The van der Waals surface area contributed by atoms with Crippen LogP contribution in [0.15, 0.2) is 63.5 Å². The molecular formula is C20H10BrCl2FN2O2. The van der Waals surface area contributed by atoms with Crippen molar-refractivity contribution >= 4 is 61.8 Å². The number of benzene rings is 3. The van der Waals surface area contributed by atoms with Gasteiger partial charge in [0.25, 0.3) is 5.91 Å². The van der Waals surface area contributed by atoms with Crippen molar-refractivity contribution in [2.45, 2.75) is 0 Å². The average Bonchev–Trinajstić information content (AvgIpc) is 3.06. The van der Waals surface area contributed by atoms with Crippen LogP contribution in [0.4, 0.5) is 10.1 Å². The Hall–Kier alpha value is -2.41. The van der Waals surface area contributed by atoms with Gasteiger partial charge in [0.1, 0.15) is 11.3 Å². The van der Waals surface area contributed by atoms with Crippen LogP contribution in [0.2, 0.25) is 10.0 Å². The summed E-state index contributed by atoms with van der Waals surface area (Å²) in [5, 5.41) is 3.33. The van der Waals surface area contributed by atoms with Crippen LogP contribution in [0.5, 0.6) is 0 Å². The first-order valence-corrected chi connectivity index (χ1v) is 9.58. The highest BCUT2D eigenvalue weighted by Crippen LogP contribution is 2.31. The summed E-state index contributed by atoms with van der Waals surface area (Å²) in [5.74, 6) is -0.532. The first kappa shape index (κ1) is 18.9. The molecule has 0 atom stereocenters. The van der Waals surface area contributed by atoms with Gasteiger partial charge in [0.15, 0.2) is 5.58 Å². The molecule has 0 aliphatic carbocycles. The van der Waals surface area contributed by atoms with Gasteiger partial charge in [-0.15, -0.1) is 0 Å². The van der Waals surface area contributed by atoms with Gasteiger partial charge in [-0.05, 0) is 54.6 Å². The summed E-state index contributed by atoms with van der Waals surface area (Å²) in [4.78, 5) is 16.9. The monoisotopic (exact) mass is 478 g/mol. The first-order valence-electron chi connectivity index (χ1n) is 8.03. The van der Waals surface area contributed by atoms with Crippen LogP contribution in [0.3, 0.4) is 0 Å². The molecular weight excluding hydrogens is 470 g/mol. The summed E-state index contributed by atoms with van der Waals surface area (Å²) < 4.78 is 19.7. The fourth-order valence-corrected chi connectivity index (χ4v) is 3.47. The number of hydrogen-bond donors (Lipinski definition) is 1. The van der Waals surface area contributed by atoms with Crippen molar-refractivity contribution in [1.29, 1.82) is 0 Å². The van der Waals surface area contributed by atoms with Crippen molar-refractivity contribution in [3.05, 3.63) is 80.5 Å². The second-order valence-corrected chi connectivity index (χ2v) is 7.63. The van der Waals surface area contributed by atoms with Gasteiger partial charge in [-0.3, -0.25) is 4.79 Å². The highest BCUT2D eigenvalue weighted by molar-refractivity contribution is 9.10. The number of nitrogens with zero attached hydrogens (tertiary/aromatic N) is 1. The van der Waals surface area contributed by atoms with Crippen LogP contribution in [-0.2, 0) is 0 Å². The smallest absolute Gasteiger partial charge is 0.257 e. The minimum Gasteiger partial charge on any atom is -0.436 e. The highest BCUT2D eigenvalue weighted by atomic mass is 79.9. The fourth-order valence-electron chi connectivity index (χ4n) is 2.65. The van der Waals surface area contributed by atoms with Gasteiger partial charge in [0, 0.05) is 10.2 Å². The van der Waals surface area contributed by atoms with Crippen molar-refractivity contribution in [3.63, 3.8) is 0 Å². The Balaban J connectivity index is 1.65. The predicted molar refractivity (Wildman–Crippen MR) is 112 cm³/mol. The second kappa shape index (κ2) is 7.54. The lowest BCUT2D eigenvalue weighted by molar-refractivity contribution is 0.102. The Labute approximate surface area is 177 Å². The third-order valence-electron chi connectivity index (χ3n) is 3.98. The molecule has 0 saturated carbocycles. The summed E-state index contributed by atoms with van der Waals surface area (Å²) in [5.41, 5.74) is 2.38. The third kappa shape index (κ3) is 3.76. The Kier molecular flexibility index (Phi) is 5.10. The Morgan fingerprint density at radius 3 is 2.64 bits per heavy atom. The molecule has 0 bridgehead atoms. The van der Waals surface area contributed by atoms with Crippen LogP contribution in [0.1, 0.15) is 10.4 Å². The molecule has 0 saturated heterocycles. The maximum absolute atomic E-state index is 13.2. The van der Waals surface area contributed by atoms with E-state index in [-0.39, 0.29) is 16.8 Å². The molecule has 1 amide bonds. The van der Waals surface area contributed by atoms with E-state index in [1.165, 1.54) is 18.2 Å². The van der Waals surface area contributed by atoms with E-state index in [9.17, 15) is 9.18 Å². The van der Waals surface area contributed by atoms with Gasteiger partial charge in [-0.2, -0.15) is 0 Å². The molecule has 8 heteroatoms. The number of fused-ring (bicyclic) bond motifs is 1. The van der Waals surface area contributed by atoms with Crippen LogP contribution < -0.4 is 5.32 Å². The van der Waals surface area contributed by atoms with E-state index in [0.29, 0.717) is 32.9 Å².